The first-order chi connectivity index (χ1) is 21.1. The molecule has 0 aliphatic heterocycles. The van der Waals surface area contributed by atoms with Gasteiger partial charge in [-0.05, 0) is 92.9 Å². The van der Waals surface area contributed by atoms with Crippen LogP contribution in [0.15, 0.2) is 113 Å². The van der Waals surface area contributed by atoms with Gasteiger partial charge in [0.25, 0.3) is 15.9 Å². The summed E-state index contributed by atoms with van der Waals surface area (Å²) in [5, 5.41) is 4.64. The van der Waals surface area contributed by atoms with Gasteiger partial charge < -0.3 is 4.57 Å². The minimum atomic E-state index is -3.91. The highest BCUT2D eigenvalue weighted by Gasteiger charge is 2.26. The fraction of sp³-hybridized carbons (Fsp3) is 0.143. The number of hydrogen-bond acceptors (Lipinski definition) is 4. The lowest BCUT2D eigenvalue weighted by molar-refractivity contribution is 0.0955. The molecule has 0 saturated carbocycles. The second kappa shape index (κ2) is 12.9. The summed E-state index contributed by atoms with van der Waals surface area (Å²) in [5.41, 5.74) is 10.2. The number of halogens is 1. The Balaban J connectivity index is 1.33. The van der Waals surface area contributed by atoms with Crippen LogP contribution in [0.2, 0.25) is 5.02 Å². The molecule has 0 aliphatic carbocycles. The van der Waals surface area contributed by atoms with Gasteiger partial charge >= 0.3 is 0 Å². The van der Waals surface area contributed by atoms with Crippen LogP contribution < -0.4 is 9.73 Å². The van der Waals surface area contributed by atoms with Gasteiger partial charge in [-0.15, -0.1) is 0 Å². The lowest BCUT2D eigenvalue weighted by Crippen LogP contribution is -2.31. The number of rotatable bonds is 9. The van der Waals surface area contributed by atoms with E-state index in [1.165, 1.54) is 4.31 Å². The Bertz CT molecular complexity index is 1950. The average Bonchev–Trinajstić information content (AvgIpc) is 3.30. The summed E-state index contributed by atoms with van der Waals surface area (Å²) in [7, 11) is -3.91. The molecular formula is C35H33ClN4O3S. The SMILES string of the molecule is Cc1ccc(Cl)cc1N(Cc1ccc(C(=O)N/N=C\c2cc(C)n(-c3ccccc3C)c2C)cc1)S(=O)(=O)c1ccccc1. The highest BCUT2D eigenvalue weighted by Crippen LogP contribution is 2.31. The topological polar surface area (TPSA) is 83.8 Å². The minimum Gasteiger partial charge on any atom is -0.318 e. The zero-order valence-electron chi connectivity index (χ0n) is 25.0. The molecule has 0 radical (unpaired) electrons. The Hall–Kier alpha value is -4.66. The minimum absolute atomic E-state index is 0.0506. The van der Waals surface area contributed by atoms with E-state index in [0.717, 1.165) is 33.8 Å². The van der Waals surface area contributed by atoms with Gasteiger partial charge in [-0.1, -0.05) is 66.2 Å². The lowest BCUT2D eigenvalue weighted by Gasteiger charge is -2.26. The van der Waals surface area contributed by atoms with Gasteiger partial charge in [0.05, 0.1) is 23.3 Å². The predicted molar refractivity (Wildman–Crippen MR) is 177 cm³/mol. The quantitative estimate of drug-likeness (QED) is 0.136. The smallest absolute Gasteiger partial charge is 0.271 e. The van der Waals surface area contributed by atoms with E-state index in [1.807, 2.05) is 39.0 Å². The molecule has 0 bridgehead atoms. The number of para-hydroxylation sites is 1. The van der Waals surface area contributed by atoms with E-state index in [1.54, 1.807) is 79.0 Å². The molecule has 4 aromatic carbocycles. The second-order valence-electron chi connectivity index (χ2n) is 10.6. The molecule has 1 aromatic heterocycles. The standard InChI is InChI=1S/C35H33ClN4O3S/c1-24-10-8-9-13-33(24)40-26(3)20-30(27(40)4)22-37-38-35(41)29-17-15-28(16-18-29)23-39(34-21-31(36)19-14-25(34)2)44(42,43)32-11-6-5-7-12-32/h5-22H,23H2,1-4H3,(H,38,41)/b37-22-. The Kier molecular flexibility index (Phi) is 9.04. The number of carbonyl (C=O) groups is 1. The third-order valence-electron chi connectivity index (χ3n) is 7.51. The van der Waals surface area contributed by atoms with Gasteiger partial charge in [-0.3, -0.25) is 9.10 Å². The molecule has 0 unspecified atom stereocenters. The third-order valence-corrected chi connectivity index (χ3v) is 9.52. The number of hydrazone groups is 1. The number of aromatic nitrogens is 1. The van der Waals surface area contributed by atoms with Crippen molar-refractivity contribution in [3.8, 4) is 5.69 Å². The number of hydrogen-bond donors (Lipinski definition) is 1. The molecule has 0 fully saturated rings. The summed E-state index contributed by atoms with van der Waals surface area (Å²) in [4.78, 5) is 13.1. The normalized spacial score (nSPS) is 11.6. The number of nitrogens with zero attached hydrogens (tertiary/aromatic N) is 3. The molecule has 44 heavy (non-hydrogen) atoms. The molecular weight excluding hydrogens is 592 g/mol. The molecule has 5 rings (SSSR count). The number of nitrogens with one attached hydrogen (secondary N) is 1. The van der Waals surface area contributed by atoms with Gasteiger partial charge in [0.1, 0.15) is 0 Å². The highest BCUT2D eigenvalue weighted by molar-refractivity contribution is 7.92. The summed E-state index contributed by atoms with van der Waals surface area (Å²) in [6, 6.07) is 30.4. The van der Waals surface area contributed by atoms with E-state index >= 15 is 0 Å². The summed E-state index contributed by atoms with van der Waals surface area (Å²) in [6.45, 7) is 8.03. The highest BCUT2D eigenvalue weighted by atomic mass is 35.5. The van der Waals surface area contributed by atoms with Gasteiger partial charge in [-0.2, -0.15) is 5.10 Å². The van der Waals surface area contributed by atoms with E-state index in [-0.39, 0.29) is 17.3 Å². The molecule has 1 N–H and O–H groups in total. The molecule has 0 spiro atoms. The Morgan fingerprint density at radius 1 is 0.864 bits per heavy atom. The Morgan fingerprint density at radius 2 is 1.55 bits per heavy atom. The summed E-state index contributed by atoms with van der Waals surface area (Å²) >= 11 is 6.27. The molecule has 1 amide bonds. The van der Waals surface area contributed by atoms with E-state index in [0.29, 0.717) is 21.8 Å². The lowest BCUT2D eigenvalue weighted by atomic mass is 10.1. The van der Waals surface area contributed by atoms with Crippen LogP contribution in [-0.4, -0.2) is 25.1 Å². The van der Waals surface area contributed by atoms with Crippen molar-refractivity contribution in [1.82, 2.24) is 9.99 Å². The van der Waals surface area contributed by atoms with Crippen molar-refractivity contribution in [2.75, 3.05) is 4.31 Å². The van der Waals surface area contributed by atoms with Gasteiger partial charge in [0.15, 0.2) is 0 Å². The Labute approximate surface area is 263 Å². The van der Waals surface area contributed by atoms with E-state index < -0.39 is 10.0 Å². The Morgan fingerprint density at radius 3 is 2.25 bits per heavy atom. The maximum atomic E-state index is 13.8. The van der Waals surface area contributed by atoms with E-state index in [9.17, 15) is 13.2 Å². The zero-order chi connectivity index (χ0) is 31.4. The third kappa shape index (κ3) is 6.46. The number of anilines is 1. The fourth-order valence-corrected chi connectivity index (χ4v) is 6.82. The molecule has 0 atom stereocenters. The molecule has 1 heterocycles. The average molecular weight is 625 g/mol. The largest absolute Gasteiger partial charge is 0.318 e. The summed E-state index contributed by atoms with van der Waals surface area (Å²) in [6.07, 6.45) is 1.64. The predicted octanol–water partition coefficient (Wildman–Crippen LogP) is 7.52. The maximum Gasteiger partial charge on any atom is 0.271 e. The zero-order valence-corrected chi connectivity index (χ0v) is 26.5. The van der Waals surface area contributed by atoms with Crippen molar-refractivity contribution in [3.05, 3.63) is 147 Å². The number of benzene rings is 4. The van der Waals surface area contributed by atoms with Gasteiger partial charge in [0, 0.05) is 33.2 Å². The number of sulfonamides is 1. The van der Waals surface area contributed by atoms with Crippen LogP contribution in [0.3, 0.4) is 0 Å². The molecule has 0 saturated heterocycles. The number of amides is 1. The van der Waals surface area contributed by atoms with Crippen LogP contribution in [-0.2, 0) is 16.6 Å². The van der Waals surface area contributed by atoms with Crippen molar-refractivity contribution in [3.63, 3.8) is 0 Å². The summed E-state index contributed by atoms with van der Waals surface area (Å²) < 4.78 is 31.0. The van der Waals surface area contributed by atoms with Crippen LogP contribution in [0.4, 0.5) is 5.69 Å². The van der Waals surface area contributed by atoms with Gasteiger partial charge in [0.2, 0.25) is 0 Å². The van der Waals surface area contributed by atoms with Crippen LogP contribution in [0.1, 0.15) is 44.0 Å². The molecule has 7 nitrogen and oxygen atoms in total. The second-order valence-corrected chi connectivity index (χ2v) is 12.9. The maximum absolute atomic E-state index is 13.8. The molecule has 5 aromatic rings. The number of aryl methyl sites for hydroxylation is 3. The number of carbonyl (C=O) groups excluding carboxylic acids is 1. The first kappa shape index (κ1) is 30.8. The van der Waals surface area contributed by atoms with Crippen LogP contribution in [0.5, 0.6) is 0 Å². The molecule has 9 heteroatoms. The van der Waals surface area contributed by atoms with Crippen molar-refractivity contribution in [1.29, 1.82) is 0 Å². The monoisotopic (exact) mass is 624 g/mol. The molecule has 0 aliphatic rings. The first-order valence-corrected chi connectivity index (χ1v) is 15.9. The van der Waals surface area contributed by atoms with Crippen molar-refractivity contribution < 1.29 is 13.2 Å². The molecule has 224 valence electrons. The van der Waals surface area contributed by atoms with Crippen LogP contribution in [0, 0.1) is 27.7 Å². The summed E-state index contributed by atoms with van der Waals surface area (Å²) in [5.74, 6) is -0.375. The van der Waals surface area contributed by atoms with Crippen LogP contribution >= 0.6 is 11.6 Å². The van der Waals surface area contributed by atoms with E-state index in [2.05, 4.69) is 34.2 Å². The van der Waals surface area contributed by atoms with Crippen molar-refractivity contribution in [2.45, 2.75) is 39.1 Å². The van der Waals surface area contributed by atoms with Crippen LogP contribution in [0.25, 0.3) is 5.69 Å². The van der Waals surface area contributed by atoms with E-state index in [4.69, 9.17) is 11.6 Å². The van der Waals surface area contributed by atoms with Gasteiger partial charge in [-0.25, -0.2) is 13.8 Å². The van der Waals surface area contributed by atoms with Crippen molar-refractivity contribution >= 4 is 39.4 Å². The van der Waals surface area contributed by atoms with Crippen molar-refractivity contribution in [2.24, 2.45) is 5.10 Å². The first-order valence-electron chi connectivity index (χ1n) is 14.1. The fourth-order valence-electron chi connectivity index (χ4n) is 5.13.